The number of nitrogens with one attached hydrogen (secondary N) is 1. The van der Waals surface area contributed by atoms with Crippen molar-refractivity contribution in [2.45, 2.75) is 39.2 Å². The van der Waals surface area contributed by atoms with Gasteiger partial charge in [-0.2, -0.15) is 0 Å². The van der Waals surface area contributed by atoms with E-state index in [1.54, 1.807) is 11.3 Å². The fourth-order valence-corrected chi connectivity index (χ4v) is 2.53. The monoisotopic (exact) mass is 303 g/mol. The zero-order valence-electron chi connectivity index (χ0n) is 12.6. The first-order chi connectivity index (χ1) is 9.83. The molecule has 0 spiro atoms. The van der Waals surface area contributed by atoms with Crippen molar-refractivity contribution in [2.75, 3.05) is 5.32 Å². The molecular formula is C16H21N3OS. The number of hydrogen-bond acceptors (Lipinski definition) is 4. The second kappa shape index (κ2) is 6.37. The van der Waals surface area contributed by atoms with Gasteiger partial charge in [0.2, 0.25) is 5.91 Å². The first kappa shape index (κ1) is 15.7. The first-order valence-electron chi connectivity index (χ1n) is 6.95. The Morgan fingerprint density at radius 3 is 2.81 bits per heavy atom. The molecule has 0 saturated carbocycles. The van der Waals surface area contributed by atoms with E-state index in [1.165, 1.54) is 0 Å². The summed E-state index contributed by atoms with van der Waals surface area (Å²) in [5.74, 6) is -0.0138. The van der Waals surface area contributed by atoms with Crippen LogP contribution in [0.15, 0.2) is 29.6 Å². The van der Waals surface area contributed by atoms with Crippen molar-refractivity contribution >= 4 is 22.9 Å². The first-order valence-corrected chi connectivity index (χ1v) is 7.83. The average molecular weight is 303 g/mol. The molecule has 2 aromatic rings. The maximum atomic E-state index is 11.9. The van der Waals surface area contributed by atoms with Crippen molar-refractivity contribution < 1.29 is 4.79 Å². The van der Waals surface area contributed by atoms with Gasteiger partial charge in [0.25, 0.3) is 0 Å². The molecule has 0 aliphatic rings. The van der Waals surface area contributed by atoms with Gasteiger partial charge in [0.15, 0.2) is 0 Å². The molecule has 3 N–H and O–H groups in total. The lowest BCUT2D eigenvalue weighted by molar-refractivity contribution is -0.116. The third-order valence-corrected chi connectivity index (χ3v) is 3.83. The van der Waals surface area contributed by atoms with E-state index < -0.39 is 0 Å². The van der Waals surface area contributed by atoms with Gasteiger partial charge in [0.05, 0.1) is 10.7 Å². The lowest BCUT2D eigenvalue weighted by Gasteiger charge is -2.17. The summed E-state index contributed by atoms with van der Waals surface area (Å²) in [7, 11) is 0. The number of carbonyl (C=O) groups is 1. The Kier molecular flexibility index (Phi) is 4.75. The van der Waals surface area contributed by atoms with Gasteiger partial charge >= 0.3 is 0 Å². The van der Waals surface area contributed by atoms with E-state index in [2.05, 4.69) is 10.3 Å². The summed E-state index contributed by atoms with van der Waals surface area (Å²) in [5, 5.41) is 5.97. The molecular weight excluding hydrogens is 282 g/mol. The molecule has 0 atom stereocenters. The summed E-state index contributed by atoms with van der Waals surface area (Å²) in [6.07, 6.45) is 1.08. The van der Waals surface area contributed by atoms with Crippen molar-refractivity contribution in [2.24, 2.45) is 5.73 Å². The number of thiazole rings is 1. The third-order valence-electron chi connectivity index (χ3n) is 3.06. The molecule has 4 nitrogen and oxygen atoms in total. The van der Waals surface area contributed by atoms with Crippen LogP contribution in [0.4, 0.5) is 5.69 Å². The summed E-state index contributed by atoms with van der Waals surface area (Å²) < 4.78 is 0. The van der Waals surface area contributed by atoms with Crippen molar-refractivity contribution in [3.63, 3.8) is 0 Å². The minimum absolute atomic E-state index is 0.0138. The SMILES string of the molecule is Cc1nc(-c2cccc(NC(=O)CCC(C)(C)N)c2)cs1. The molecule has 1 heterocycles. The number of amides is 1. The maximum Gasteiger partial charge on any atom is 0.224 e. The molecule has 0 aliphatic heterocycles. The van der Waals surface area contributed by atoms with E-state index in [1.807, 2.05) is 50.4 Å². The number of nitrogens with zero attached hydrogens (tertiary/aromatic N) is 1. The van der Waals surface area contributed by atoms with Crippen molar-refractivity contribution in [3.8, 4) is 11.3 Å². The third kappa shape index (κ3) is 4.95. The second-order valence-corrected chi connectivity index (χ2v) is 6.93. The van der Waals surface area contributed by atoms with Crippen LogP contribution in [0.5, 0.6) is 0 Å². The summed E-state index contributed by atoms with van der Waals surface area (Å²) in [6, 6.07) is 7.74. The van der Waals surface area contributed by atoms with Gasteiger partial charge in [-0.15, -0.1) is 11.3 Å². The number of nitrogens with two attached hydrogens (primary N) is 1. The fraction of sp³-hybridized carbons (Fsp3) is 0.375. The number of hydrogen-bond donors (Lipinski definition) is 2. The molecule has 1 amide bonds. The van der Waals surface area contributed by atoms with E-state index >= 15 is 0 Å². The Hall–Kier alpha value is -1.72. The zero-order valence-corrected chi connectivity index (χ0v) is 13.5. The average Bonchev–Trinajstić information content (AvgIpc) is 2.83. The van der Waals surface area contributed by atoms with Crippen LogP contribution in [-0.2, 0) is 4.79 Å². The fourth-order valence-electron chi connectivity index (χ4n) is 1.91. The lowest BCUT2D eigenvalue weighted by atomic mass is 10.00. The van der Waals surface area contributed by atoms with Crippen molar-refractivity contribution in [1.29, 1.82) is 0 Å². The summed E-state index contributed by atoms with van der Waals surface area (Å²) in [6.45, 7) is 5.82. The molecule has 0 unspecified atom stereocenters. The van der Waals surface area contributed by atoms with E-state index in [0.717, 1.165) is 22.0 Å². The molecule has 2 rings (SSSR count). The Balaban J connectivity index is 2.03. The molecule has 112 valence electrons. The van der Waals surface area contributed by atoms with Crippen LogP contribution >= 0.6 is 11.3 Å². The molecule has 1 aromatic heterocycles. The van der Waals surface area contributed by atoms with Gasteiger partial charge in [0, 0.05) is 28.6 Å². The van der Waals surface area contributed by atoms with Crippen LogP contribution in [-0.4, -0.2) is 16.4 Å². The Morgan fingerprint density at radius 1 is 1.43 bits per heavy atom. The smallest absolute Gasteiger partial charge is 0.224 e. The van der Waals surface area contributed by atoms with Crippen LogP contribution in [0.3, 0.4) is 0 Å². The van der Waals surface area contributed by atoms with Gasteiger partial charge in [0.1, 0.15) is 0 Å². The number of anilines is 1. The van der Waals surface area contributed by atoms with Crippen molar-refractivity contribution in [1.82, 2.24) is 4.98 Å². The normalized spacial score (nSPS) is 11.4. The van der Waals surface area contributed by atoms with Crippen LogP contribution in [0, 0.1) is 6.92 Å². The maximum absolute atomic E-state index is 11.9. The topological polar surface area (TPSA) is 68.0 Å². The lowest BCUT2D eigenvalue weighted by Crippen LogP contribution is -2.33. The summed E-state index contributed by atoms with van der Waals surface area (Å²) >= 11 is 1.62. The Labute approximate surface area is 129 Å². The van der Waals surface area contributed by atoms with Gasteiger partial charge in [-0.3, -0.25) is 4.79 Å². The van der Waals surface area contributed by atoms with Crippen LogP contribution in [0.25, 0.3) is 11.3 Å². The molecule has 0 radical (unpaired) electrons. The van der Waals surface area contributed by atoms with Crippen LogP contribution < -0.4 is 11.1 Å². The number of benzene rings is 1. The molecule has 0 bridgehead atoms. The van der Waals surface area contributed by atoms with E-state index in [0.29, 0.717) is 12.8 Å². The largest absolute Gasteiger partial charge is 0.326 e. The highest BCUT2D eigenvalue weighted by atomic mass is 32.1. The highest BCUT2D eigenvalue weighted by molar-refractivity contribution is 7.09. The highest BCUT2D eigenvalue weighted by Crippen LogP contribution is 2.24. The Bertz CT molecular complexity index is 628. The van der Waals surface area contributed by atoms with Crippen molar-refractivity contribution in [3.05, 3.63) is 34.7 Å². The predicted molar refractivity (Wildman–Crippen MR) is 88.4 cm³/mol. The molecule has 0 fully saturated rings. The van der Waals surface area contributed by atoms with E-state index in [-0.39, 0.29) is 11.4 Å². The van der Waals surface area contributed by atoms with Gasteiger partial charge in [-0.1, -0.05) is 12.1 Å². The quantitative estimate of drug-likeness (QED) is 0.887. The molecule has 5 heteroatoms. The molecule has 0 saturated heterocycles. The number of aromatic nitrogens is 1. The summed E-state index contributed by atoms with van der Waals surface area (Å²) in [4.78, 5) is 16.4. The molecule has 1 aromatic carbocycles. The number of aryl methyl sites for hydroxylation is 1. The van der Waals surface area contributed by atoms with E-state index in [9.17, 15) is 4.79 Å². The minimum Gasteiger partial charge on any atom is -0.326 e. The molecule has 21 heavy (non-hydrogen) atoms. The number of rotatable bonds is 5. The van der Waals surface area contributed by atoms with Gasteiger partial charge in [-0.25, -0.2) is 4.98 Å². The standard InChI is InChI=1S/C16H21N3OS/c1-11-18-14(10-21-11)12-5-4-6-13(9-12)19-15(20)7-8-16(2,3)17/h4-6,9-10H,7-8,17H2,1-3H3,(H,19,20). The molecule has 0 aliphatic carbocycles. The van der Waals surface area contributed by atoms with Gasteiger partial charge < -0.3 is 11.1 Å². The number of carbonyl (C=O) groups excluding carboxylic acids is 1. The van der Waals surface area contributed by atoms with Crippen LogP contribution in [0.2, 0.25) is 0 Å². The highest BCUT2D eigenvalue weighted by Gasteiger charge is 2.13. The Morgan fingerprint density at radius 2 is 2.19 bits per heavy atom. The second-order valence-electron chi connectivity index (χ2n) is 5.87. The van der Waals surface area contributed by atoms with E-state index in [4.69, 9.17) is 5.73 Å². The summed E-state index contributed by atoms with van der Waals surface area (Å²) in [5.41, 5.74) is 8.31. The predicted octanol–water partition coefficient (Wildman–Crippen LogP) is 3.57. The van der Waals surface area contributed by atoms with Crippen LogP contribution in [0.1, 0.15) is 31.7 Å². The minimum atomic E-state index is -0.322. The van der Waals surface area contributed by atoms with Gasteiger partial charge in [-0.05, 0) is 39.3 Å². The zero-order chi connectivity index (χ0) is 15.5.